The van der Waals surface area contributed by atoms with Gasteiger partial charge in [0.1, 0.15) is 0 Å². The first kappa shape index (κ1) is 13.8. The standard InChI is InChI=1S/C15H15N3O2/c1-9(17-20-11(3)19)15-10(2)18(4)14-6-5-12(8-16)7-13(14)15/h5-7H,1-4H3/b17-9+. The zero-order valence-corrected chi connectivity index (χ0v) is 11.9. The van der Waals surface area contributed by atoms with Gasteiger partial charge in [-0.15, -0.1) is 0 Å². The van der Waals surface area contributed by atoms with Crippen LogP contribution in [0, 0.1) is 18.3 Å². The minimum absolute atomic E-state index is 0.458. The third kappa shape index (κ3) is 2.28. The topological polar surface area (TPSA) is 67.4 Å². The summed E-state index contributed by atoms with van der Waals surface area (Å²) in [7, 11) is 1.95. The normalized spacial score (nSPS) is 11.4. The van der Waals surface area contributed by atoms with Crippen molar-refractivity contribution in [2.24, 2.45) is 12.2 Å². The van der Waals surface area contributed by atoms with Crippen molar-refractivity contribution >= 4 is 22.6 Å². The lowest BCUT2D eigenvalue weighted by Crippen LogP contribution is -2.01. The third-order valence-corrected chi connectivity index (χ3v) is 3.29. The highest BCUT2D eigenvalue weighted by Gasteiger charge is 2.15. The van der Waals surface area contributed by atoms with Gasteiger partial charge >= 0.3 is 5.97 Å². The number of benzene rings is 1. The summed E-state index contributed by atoms with van der Waals surface area (Å²) in [6.07, 6.45) is 0. The lowest BCUT2D eigenvalue weighted by atomic mass is 10.1. The fraction of sp³-hybridized carbons (Fsp3) is 0.267. The van der Waals surface area contributed by atoms with E-state index >= 15 is 0 Å². The first-order chi connectivity index (χ1) is 9.45. The second-order valence-electron chi connectivity index (χ2n) is 4.62. The van der Waals surface area contributed by atoms with Crippen LogP contribution in [0.5, 0.6) is 0 Å². The summed E-state index contributed by atoms with van der Waals surface area (Å²) in [6.45, 7) is 5.05. The Morgan fingerprint density at radius 2 is 2.10 bits per heavy atom. The van der Waals surface area contributed by atoms with E-state index in [1.165, 1.54) is 6.92 Å². The molecule has 0 unspecified atom stereocenters. The molecule has 5 heteroatoms. The molecule has 1 aromatic carbocycles. The van der Waals surface area contributed by atoms with Gasteiger partial charge < -0.3 is 9.40 Å². The molecule has 0 fully saturated rings. The molecule has 2 aromatic rings. The molecule has 20 heavy (non-hydrogen) atoms. The molecule has 0 saturated heterocycles. The van der Waals surface area contributed by atoms with Crippen molar-refractivity contribution in [3.8, 4) is 6.07 Å². The van der Waals surface area contributed by atoms with Gasteiger partial charge in [-0.25, -0.2) is 4.79 Å². The van der Waals surface area contributed by atoms with E-state index < -0.39 is 5.97 Å². The van der Waals surface area contributed by atoms with E-state index in [0.717, 1.165) is 22.2 Å². The van der Waals surface area contributed by atoms with Crippen molar-refractivity contribution in [2.75, 3.05) is 0 Å². The van der Waals surface area contributed by atoms with Gasteiger partial charge in [0.15, 0.2) is 0 Å². The Labute approximate surface area is 117 Å². The van der Waals surface area contributed by atoms with Crippen LogP contribution in [0.15, 0.2) is 23.4 Å². The number of nitrogens with zero attached hydrogens (tertiary/aromatic N) is 3. The van der Waals surface area contributed by atoms with E-state index in [1.807, 2.05) is 30.7 Å². The predicted octanol–water partition coefficient (Wildman–Crippen LogP) is 2.65. The van der Waals surface area contributed by atoms with Gasteiger partial charge in [0.25, 0.3) is 0 Å². The molecule has 1 heterocycles. The summed E-state index contributed by atoms with van der Waals surface area (Å²) < 4.78 is 2.03. The van der Waals surface area contributed by atoms with Crippen molar-refractivity contribution in [3.63, 3.8) is 0 Å². The Kier molecular flexibility index (Phi) is 3.57. The molecule has 1 aromatic heterocycles. The van der Waals surface area contributed by atoms with Crippen LogP contribution in [-0.2, 0) is 16.7 Å². The minimum atomic E-state index is -0.458. The van der Waals surface area contributed by atoms with Crippen LogP contribution in [0.3, 0.4) is 0 Å². The second-order valence-corrected chi connectivity index (χ2v) is 4.62. The SMILES string of the molecule is CC(=O)O/N=C(\C)c1c(C)n(C)c2ccc(C#N)cc12. The summed E-state index contributed by atoms with van der Waals surface area (Å²) in [5.41, 5.74) is 4.10. The Morgan fingerprint density at radius 3 is 2.70 bits per heavy atom. The van der Waals surface area contributed by atoms with E-state index in [2.05, 4.69) is 11.2 Å². The summed E-state index contributed by atoms with van der Waals surface area (Å²) in [5, 5.41) is 13.8. The summed E-state index contributed by atoms with van der Waals surface area (Å²) >= 11 is 0. The lowest BCUT2D eigenvalue weighted by Gasteiger charge is -2.01. The fourth-order valence-electron chi connectivity index (χ4n) is 2.28. The number of carbonyl (C=O) groups excluding carboxylic acids is 1. The van der Waals surface area contributed by atoms with Crippen LogP contribution in [0.4, 0.5) is 0 Å². The second kappa shape index (κ2) is 5.17. The van der Waals surface area contributed by atoms with Gasteiger partial charge in [-0.05, 0) is 32.0 Å². The van der Waals surface area contributed by atoms with Crippen LogP contribution < -0.4 is 0 Å². The van der Waals surface area contributed by atoms with Crippen molar-refractivity contribution in [3.05, 3.63) is 35.0 Å². The third-order valence-electron chi connectivity index (χ3n) is 3.29. The monoisotopic (exact) mass is 269 g/mol. The van der Waals surface area contributed by atoms with Crippen LogP contribution in [0.25, 0.3) is 10.9 Å². The number of rotatable bonds is 2. The van der Waals surface area contributed by atoms with E-state index in [4.69, 9.17) is 10.1 Å². The van der Waals surface area contributed by atoms with E-state index in [-0.39, 0.29) is 0 Å². The molecular weight excluding hydrogens is 254 g/mol. The summed E-state index contributed by atoms with van der Waals surface area (Å²) in [6, 6.07) is 7.64. The number of aryl methyl sites for hydroxylation is 1. The number of fused-ring (bicyclic) bond motifs is 1. The fourth-order valence-corrected chi connectivity index (χ4v) is 2.28. The molecule has 0 atom stereocenters. The van der Waals surface area contributed by atoms with Crippen LogP contribution in [0.1, 0.15) is 30.7 Å². The molecule has 0 bridgehead atoms. The molecule has 5 nitrogen and oxygen atoms in total. The van der Waals surface area contributed by atoms with Crippen LogP contribution in [0.2, 0.25) is 0 Å². The van der Waals surface area contributed by atoms with Gasteiger partial charge in [-0.2, -0.15) is 5.26 Å². The van der Waals surface area contributed by atoms with Gasteiger partial charge in [0.2, 0.25) is 0 Å². The zero-order chi connectivity index (χ0) is 14.9. The molecular formula is C15H15N3O2. The molecule has 0 radical (unpaired) electrons. The van der Waals surface area contributed by atoms with E-state index in [1.54, 1.807) is 13.0 Å². The molecule has 0 spiro atoms. The number of nitriles is 1. The molecule has 0 saturated carbocycles. The van der Waals surface area contributed by atoms with Gasteiger partial charge in [0.05, 0.1) is 17.3 Å². The maximum absolute atomic E-state index is 10.9. The average Bonchev–Trinajstić information content (AvgIpc) is 2.68. The number of oxime groups is 1. The smallest absolute Gasteiger partial charge is 0.331 e. The van der Waals surface area contributed by atoms with E-state index in [9.17, 15) is 4.79 Å². The molecule has 102 valence electrons. The molecule has 0 aliphatic carbocycles. The Morgan fingerprint density at radius 1 is 1.40 bits per heavy atom. The number of hydrogen-bond acceptors (Lipinski definition) is 4. The quantitative estimate of drug-likeness (QED) is 0.478. The molecule has 0 amide bonds. The first-order valence-electron chi connectivity index (χ1n) is 6.17. The Balaban J connectivity index is 2.68. The van der Waals surface area contributed by atoms with Crippen molar-refractivity contribution in [2.45, 2.75) is 20.8 Å². The molecule has 2 rings (SSSR count). The van der Waals surface area contributed by atoms with E-state index in [0.29, 0.717) is 11.3 Å². The maximum Gasteiger partial charge on any atom is 0.331 e. The van der Waals surface area contributed by atoms with Crippen molar-refractivity contribution in [1.29, 1.82) is 5.26 Å². The lowest BCUT2D eigenvalue weighted by molar-refractivity contribution is -0.140. The number of hydrogen-bond donors (Lipinski definition) is 0. The van der Waals surface area contributed by atoms with Crippen molar-refractivity contribution in [1.82, 2.24) is 4.57 Å². The summed E-state index contributed by atoms with van der Waals surface area (Å²) in [4.78, 5) is 15.6. The number of aromatic nitrogens is 1. The highest BCUT2D eigenvalue weighted by atomic mass is 16.7. The van der Waals surface area contributed by atoms with Gasteiger partial charge in [-0.1, -0.05) is 5.16 Å². The highest BCUT2D eigenvalue weighted by Crippen LogP contribution is 2.26. The van der Waals surface area contributed by atoms with Crippen molar-refractivity contribution < 1.29 is 9.63 Å². The number of carbonyl (C=O) groups is 1. The molecule has 0 aliphatic heterocycles. The highest BCUT2D eigenvalue weighted by molar-refractivity contribution is 6.11. The van der Waals surface area contributed by atoms with Gasteiger partial charge in [0, 0.05) is 36.1 Å². The van der Waals surface area contributed by atoms with Crippen LogP contribution in [-0.4, -0.2) is 16.2 Å². The molecule has 0 aliphatic rings. The Bertz CT molecular complexity index is 763. The largest absolute Gasteiger partial charge is 0.347 e. The van der Waals surface area contributed by atoms with Crippen LogP contribution >= 0.6 is 0 Å². The average molecular weight is 269 g/mol. The maximum atomic E-state index is 10.9. The summed E-state index contributed by atoms with van der Waals surface area (Å²) in [5.74, 6) is -0.458. The first-order valence-corrected chi connectivity index (χ1v) is 6.17. The Hall–Kier alpha value is -2.61. The zero-order valence-electron chi connectivity index (χ0n) is 11.9. The van der Waals surface area contributed by atoms with Gasteiger partial charge in [-0.3, -0.25) is 0 Å². The minimum Gasteiger partial charge on any atom is -0.347 e. The molecule has 0 N–H and O–H groups in total. The predicted molar refractivity (Wildman–Crippen MR) is 76.3 cm³/mol.